The zero-order chi connectivity index (χ0) is 18.1. The summed E-state index contributed by atoms with van der Waals surface area (Å²) < 4.78 is 23.0. The van der Waals surface area contributed by atoms with E-state index in [2.05, 4.69) is 4.90 Å². The van der Waals surface area contributed by atoms with Crippen LogP contribution in [0, 0.1) is 0 Å². The van der Waals surface area contributed by atoms with Crippen molar-refractivity contribution in [3.8, 4) is 17.2 Å². The maximum atomic E-state index is 11.9. The first-order valence-electron chi connectivity index (χ1n) is 9.26. The quantitative estimate of drug-likeness (QED) is 0.808. The minimum absolute atomic E-state index is 0.0885. The summed E-state index contributed by atoms with van der Waals surface area (Å²) in [5.41, 5.74) is -0.430. The third-order valence-electron chi connectivity index (χ3n) is 5.57. The molecule has 1 aromatic rings. The molecule has 1 spiro atoms. The predicted octanol–water partition coefficient (Wildman–Crippen LogP) is 2.31. The van der Waals surface area contributed by atoms with Crippen molar-refractivity contribution in [2.24, 2.45) is 0 Å². The number of esters is 1. The molecule has 0 radical (unpaired) electrons. The number of carbonyl (C=O) groups excluding carboxylic acids is 1. The number of methoxy groups -OCH3 is 1. The van der Waals surface area contributed by atoms with Gasteiger partial charge < -0.3 is 24.1 Å². The van der Waals surface area contributed by atoms with Crippen LogP contribution in [-0.2, 0) is 9.47 Å². The van der Waals surface area contributed by atoms with Crippen LogP contribution in [-0.4, -0.2) is 61.2 Å². The third-order valence-corrected chi connectivity index (χ3v) is 5.57. The number of rotatable bonds is 2. The summed E-state index contributed by atoms with van der Waals surface area (Å²) in [7, 11) is 1.29. The van der Waals surface area contributed by atoms with Crippen LogP contribution in [0.2, 0.25) is 0 Å². The summed E-state index contributed by atoms with van der Waals surface area (Å²) in [6.07, 6.45) is 4.77. The number of ether oxygens (including phenoxy) is 4. The fraction of sp³-hybridized carbons (Fsp3) is 0.632. The smallest absolute Gasteiger partial charge is 0.341 e. The first-order valence-corrected chi connectivity index (χ1v) is 9.26. The van der Waals surface area contributed by atoms with E-state index >= 15 is 0 Å². The zero-order valence-electron chi connectivity index (χ0n) is 15.0. The minimum Gasteiger partial charge on any atom is -0.504 e. The summed E-state index contributed by atoms with van der Waals surface area (Å²) in [6, 6.07) is 3.18. The number of phenolic OH excluding ortho intramolecular Hbond substituents is 1. The molecule has 7 heteroatoms. The Labute approximate surface area is 152 Å². The van der Waals surface area contributed by atoms with Crippen molar-refractivity contribution < 1.29 is 28.8 Å². The Morgan fingerprint density at radius 1 is 1.23 bits per heavy atom. The van der Waals surface area contributed by atoms with E-state index in [-0.39, 0.29) is 23.3 Å². The molecule has 3 aliphatic rings. The molecule has 2 aliphatic heterocycles. The van der Waals surface area contributed by atoms with Gasteiger partial charge in [0, 0.05) is 13.1 Å². The molecule has 7 nitrogen and oxygen atoms in total. The number of nitrogens with zero attached hydrogens (tertiary/aromatic N) is 1. The molecule has 26 heavy (non-hydrogen) atoms. The molecular formula is C19H25NO6. The second-order valence-electron chi connectivity index (χ2n) is 7.13. The lowest BCUT2D eigenvalue weighted by Gasteiger charge is -2.50. The maximum Gasteiger partial charge on any atom is 0.341 e. The Hall–Kier alpha value is -1.99. The summed E-state index contributed by atoms with van der Waals surface area (Å²) in [5.74, 6) is -0.0937. The lowest BCUT2D eigenvalue weighted by molar-refractivity contribution is -0.171. The van der Waals surface area contributed by atoms with Crippen molar-refractivity contribution >= 4 is 5.97 Å². The normalized spacial score (nSPS) is 25.0. The molecule has 0 aromatic heterocycles. The molecule has 0 amide bonds. The SMILES string of the molecule is COC(=O)c1ccc2c(c1O)OC1(CCCCC1)[C@H](N1CCOCC1)O2. The van der Waals surface area contributed by atoms with Crippen LogP contribution in [0.25, 0.3) is 0 Å². The van der Waals surface area contributed by atoms with Crippen molar-refractivity contribution in [3.05, 3.63) is 17.7 Å². The van der Waals surface area contributed by atoms with E-state index in [1.54, 1.807) is 6.07 Å². The van der Waals surface area contributed by atoms with Crippen molar-refractivity contribution in [3.63, 3.8) is 0 Å². The van der Waals surface area contributed by atoms with Gasteiger partial charge in [0.1, 0.15) is 5.56 Å². The molecule has 1 saturated heterocycles. The lowest BCUT2D eigenvalue weighted by atomic mass is 9.81. The number of carbonyl (C=O) groups is 1. The third kappa shape index (κ3) is 2.89. The Kier molecular flexibility index (Phi) is 4.67. The van der Waals surface area contributed by atoms with Crippen LogP contribution in [0.5, 0.6) is 17.2 Å². The molecule has 4 rings (SSSR count). The van der Waals surface area contributed by atoms with Gasteiger partial charge in [0.25, 0.3) is 0 Å². The summed E-state index contributed by atoms with van der Waals surface area (Å²) in [5, 5.41) is 10.6. The highest BCUT2D eigenvalue weighted by molar-refractivity contribution is 5.94. The van der Waals surface area contributed by atoms with E-state index < -0.39 is 11.6 Å². The number of hydrogen-bond acceptors (Lipinski definition) is 7. The van der Waals surface area contributed by atoms with E-state index in [0.29, 0.717) is 19.0 Å². The summed E-state index contributed by atoms with van der Waals surface area (Å²) in [6.45, 7) is 2.93. The van der Waals surface area contributed by atoms with E-state index in [1.807, 2.05) is 0 Å². The molecule has 1 aromatic carbocycles. The molecular weight excluding hydrogens is 338 g/mol. The molecule has 142 valence electrons. The zero-order valence-corrected chi connectivity index (χ0v) is 15.0. The Bertz CT molecular complexity index is 679. The van der Waals surface area contributed by atoms with Crippen LogP contribution in [0.15, 0.2) is 12.1 Å². The van der Waals surface area contributed by atoms with Crippen molar-refractivity contribution in [1.29, 1.82) is 0 Å². The lowest BCUT2D eigenvalue weighted by Crippen LogP contribution is -2.63. The van der Waals surface area contributed by atoms with Gasteiger partial charge in [-0.05, 0) is 37.8 Å². The highest BCUT2D eigenvalue weighted by atomic mass is 16.6. The average molecular weight is 363 g/mol. The second kappa shape index (κ2) is 6.96. The molecule has 2 heterocycles. The van der Waals surface area contributed by atoms with Gasteiger partial charge in [-0.2, -0.15) is 0 Å². The number of morpholine rings is 1. The summed E-state index contributed by atoms with van der Waals surface area (Å²) >= 11 is 0. The fourth-order valence-electron chi connectivity index (χ4n) is 4.22. The first kappa shape index (κ1) is 17.4. The van der Waals surface area contributed by atoms with Crippen LogP contribution >= 0.6 is 0 Å². The summed E-state index contributed by atoms with van der Waals surface area (Å²) in [4.78, 5) is 14.2. The van der Waals surface area contributed by atoms with Crippen LogP contribution in [0.3, 0.4) is 0 Å². The average Bonchev–Trinajstić information content (AvgIpc) is 2.69. The number of benzene rings is 1. The molecule has 1 atom stereocenters. The van der Waals surface area contributed by atoms with Crippen LogP contribution in [0.4, 0.5) is 0 Å². The number of phenols is 1. The van der Waals surface area contributed by atoms with Gasteiger partial charge in [0.2, 0.25) is 5.75 Å². The largest absolute Gasteiger partial charge is 0.504 e. The predicted molar refractivity (Wildman–Crippen MR) is 92.7 cm³/mol. The van der Waals surface area contributed by atoms with Crippen molar-refractivity contribution in [1.82, 2.24) is 4.90 Å². The Balaban J connectivity index is 1.72. The van der Waals surface area contributed by atoms with Gasteiger partial charge in [0.05, 0.1) is 20.3 Å². The van der Waals surface area contributed by atoms with E-state index in [0.717, 1.165) is 38.8 Å². The highest BCUT2D eigenvalue weighted by Gasteiger charge is 2.51. The van der Waals surface area contributed by atoms with E-state index in [4.69, 9.17) is 18.9 Å². The van der Waals surface area contributed by atoms with Gasteiger partial charge in [-0.15, -0.1) is 0 Å². The number of fused-ring (bicyclic) bond motifs is 1. The van der Waals surface area contributed by atoms with Crippen molar-refractivity contribution in [2.45, 2.75) is 43.9 Å². The Morgan fingerprint density at radius 3 is 2.65 bits per heavy atom. The molecule has 1 aliphatic carbocycles. The molecule has 2 fully saturated rings. The van der Waals surface area contributed by atoms with E-state index in [1.165, 1.54) is 19.6 Å². The topological polar surface area (TPSA) is 77.5 Å². The van der Waals surface area contributed by atoms with E-state index in [9.17, 15) is 9.90 Å². The minimum atomic E-state index is -0.595. The standard InChI is InChI=1S/C19H25NO6/c1-23-17(22)13-5-6-14-16(15(13)21)26-19(7-3-2-4-8-19)18(25-14)20-9-11-24-12-10-20/h5-6,18,21H,2-4,7-12H2,1H3/t18-/m1/s1. The number of hydrogen-bond donors (Lipinski definition) is 1. The first-order chi connectivity index (χ1) is 12.6. The molecule has 0 bridgehead atoms. The van der Waals surface area contributed by atoms with Crippen LogP contribution < -0.4 is 9.47 Å². The molecule has 1 N–H and O–H groups in total. The van der Waals surface area contributed by atoms with Crippen molar-refractivity contribution in [2.75, 3.05) is 33.4 Å². The fourth-order valence-corrected chi connectivity index (χ4v) is 4.22. The maximum absolute atomic E-state index is 11.9. The second-order valence-corrected chi connectivity index (χ2v) is 7.13. The monoisotopic (exact) mass is 363 g/mol. The molecule has 1 saturated carbocycles. The highest BCUT2D eigenvalue weighted by Crippen LogP contribution is 2.50. The van der Waals surface area contributed by atoms with Gasteiger partial charge in [-0.25, -0.2) is 4.79 Å². The Morgan fingerprint density at radius 2 is 1.96 bits per heavy atom. The van der Waals surface area contributed by atoms with Crippen LogP contribution in [0.1, 0.15) is 42.5 Å². The van der Waals surface area contributed by atoms with Gasteiger partial charge in [0.15, 0.2) is 23.3 Å². The number of aromatic hydroxyl groups is 1. The van der Waals surface area contributed by atoms with Gasteiger partial charge in [-0.1, -0.05) is 6.42 Å². The molecule has 0 unspecified atom stereocenters. The van der Waals surface area contributed by atoms with Gasteiger partial charge >= 0.3 is 5.97 Å². The van der Waals surface area contributed by atoms with Gasteiger partial charge in [-0.3, -0.25) is 4.90 Å².